The summed E-state index contributed by atoms with van der Waals surface area (Å²) in [5.41, 5.74) is 9.37. The number of halogens is 2. The standard InChI is InChI=1S/C40H43F2N7/c1-5-27-30(41)10-9-25-19-24(3)20-28(32(25)27)33-35(42)37-34(29(21-44-4)36(33)43)38(48-22-26-11-15-39(6-2,23-48)47-26)46-31(45-37)12-16-40-13-7-17-49(40)18-8-14-40/h1,6,9-10,19-21,26,47H,2,7-8,11-18,22-23,43H2,3-4H3. The van der Waals surface area contributed by atoms with Crippen molar-refractivity contribution in [2.24, 2.45) is 4.99 Å². The molecule has 8 rings (SSSR count). The molecule has 4 aliphatic rings. The minimum Gasteiger partial charge on any atom is -0.398 e. The highest BCUT2D eigenvalue weighted by Crippen LogP contribution is 2.46. The van der Waals surface area contributed by atoms with E-state index in [1.807, 2.05) is 25.1 Å². The Morgan fingerprint density at radius 3 is 2.69 bits per heavy atom. The van der Waals surface area contributed by atoms with Crippen LogP contribution in [-0.2, 0) is 6.42 Å². The van der Waals surface area contributed by atoms with Crippen LogP contribution in [0.3, 0.4) is 0 Å². The van der Waals surface area contributed by atoms with Gasteiger partial charge in [-0.1, -0.05) is 30.2 Å². The SMILES string of the molecule is C#Cc1c(F)ccc2cc(C)cc(-c3c(N)c(C=NC)c4c(N5CC6CCC(C=C)(C5)N6)nc(CCC56CCCN5CCC6)nc4c3F)c12. The lowest BCUT2D eigenvalue weighted by molar-refractivity contribution is 0.182. The monoisotopic (exact) mass is 659 g/mol. The van der Waals surface area contributed by atoms with E-state index in [2.05, 4.69) is 32.6 Å². The Labute approximate surface area is 286 Å². The van der Waals surface area contributed by atoms with Crippen LogP contribution in [0.2, 0.25) is 0 Å². The van der Waals surface area contributed by atoms with Crippen LogP contribution < -0.4 is 16.0 Å². The molecule has 2 unspecified atom stereocenters. The van der Waals surface area contributed by atoms with Crippen molar-refractivity contribution in [1.82, 2.24) is 20.2 Å². The molecule has 49 heavy (non-hydrogen) atoms. The molecule has 0 radical (unpaired) electrons. The van der Waals surface area contributed by atoms with Crippen LogP contribution in [0.1, 0.15) is 67.5 Å². The van der Waals surface area contributed by atoms with Gasteiger partial charge in [-0.15, -0.1) is 13.0 Å². The highest BCUT2D eigenvalue weighted by Gasteiger charge is 2.45. The number of aliphatic imine (C=N–C) groups is 1. The maximum Gasteiger partial charge on any atom is 0.159 e. The number of piperazine rings is 1. The zero-order chi connectivity index (χ0) is 34.1. The second kappa shape index (κ2) is 11.9. The third-order valence-electron chi connectivity index (χ3n) is 11.7. The Morgan fingerprint density at radius 2 is 1.96 bits per heavy atom. The second-order valence-corrected chi connectivity index (χ2v) is 14.6. The summed E-state index contributed by atoms with van der Waals surface area (Å²) < 4.78 is 32.8. The lowest BCUT2D eigenvalue weighted by Crippen LogP contribution is -2.58. The van der Waals surface area contributed by atoms with Gasteiger partial charge in [0.25, 0.3) is 0 Å². The summed E-state index contributed by atoms with van der Waals surface area (Å²) in [4.78, 5) is 19.6. The number of hydrogen-bond acceptors (Lipinski definition) is 7. The fourth-order valence-electron chi connectivity index (χ4n) is 9.48. The van der Waals surface area contributed by atoms with Crippen molar-refractivity contribution in [2.45, 2.75) is 75.4 Å². The van der Waals surface area contributed by atoms with Crippen molar-refractivity contribution < 1.29 is 8.78 Å². The predicted octanol–water partition coefficient (Wildman–Crippen LogP) is 6.71. The highest BCUT2D eigenvalue weighted by atomic mass is 19.1. The van der Waals surface area contributed by atoms with Crippen molar-refractivity contribution in [3.63, 3.8) is 0 Å². The van der Waals surface area contributed by atoms with E-state index in [0.717, 1.165) is 44.5 Å². The molecule has 3 aromatic carbocycles. The zero-order valence-electron chi connectivity index (χ0n) is 28.4. The van der Waals surface area contributed by atoms with Crippen LogP contribution in [0, 0.1) is 30.9 Å². The van der Waals surface area contributed by atoms with Gasteiger partial charge in [-0.2, -0.15) is 0 Å². The van der Waals surface area contributed by atoms with E-state index in [-0.39, 0.29) is 39.5 Å². The number of nitrogens with two attached hydrogens (primary N) is 1. The van der Waals surface area contributed by atoms with Crippen molar-refractivity contribution in [1.29, 1.82) is 0 Å². The number of hydrogen-bond donors (Lipinski definition) is 2. The molecule has 0 aliphatic carbocycles. The van der Waals surface area contributed by atoms with Crippen molar-refractivity contribution in [3.05, 3.63) is 71.1 Å². The van der Waals surface area contributed by atoms with E-state index < -0.39 is 11.6 Å². The van der Waals surface area contributed by atoms with Gasteiger partial charge in [0.1, 0.15) is 23.0 Å². The Morgan fingerprint density at radius 1 is 1.16 bits per heavy atom. The fraction of sp³-hybridized carbons (Fsp3) is 0.425. The molecule has 5 heterocycles. The van der Waals surface area contributed by atoms with E-state index in [1.54, 1.807) is 19.3 Å². The average Bonchev–Trinajstić information content (AvgIpc) is 3.77. The Kier molecular flexibility index (Phi) is 7.73. The van der Waals surface area contributed by atoms with E-state index in [9.17, 15) is 0 Å². The molecule has 2 atom stereocenters. The number of fused-ring (bicyclic) bond motifs is 5. The second-order valence-electron chi connectivity index (χ2n) is 14.6. The van der Waals surface area contributed by atoms with Gasteiger partial charge in [0, 0.05) is 60.9 Å². The minimum atomic E-state index is -0.567. The molecule has 4 aliphatic heterocycles. The summed E-state index contributed by atoms with van der Waals surface area (Å²) in [6.45, 7) is 9.73. The number of benzene rings is 3. The molecule has 0 spiro atoms. The van der Waals surface area contributed by atoms with Gasteiger partial charge >= 0.3 is 0 Å². The lowest BCUT2D eigenvalue weighted by Gasteiger charge is -2.41. The first-order valence-electron chi connectivity index (χ1n) is 17.5. The number of nitrogens with one attached hydrogen (secondary N) is 1. The third kappa shape index (κ3) is 5.02. The van der Waals surface area contributed by atoms with Gasteiger partial charge < -0.3 is 16.0 Å². The van der Waals surface area contributed by atoms with Gasteiger partial charge in [-0.25, -0.2) is 18.7 Å². The molecule has 3 N–H and O–H groups in total. The summed E-state index contributed by atoms with van der Waals surface area (Å²) in [6.07, 6.45) is 17.9. The molecule has 7 nitrogen and oxygen atoms in total. The molecule has 1 aromatic heterocycles. The van der Waals surface area contributed by atoms with Crippen molar-refractivity contribution in [3.8, 4) is 23.5 Å². The van der Waals surface area contributed by atoms with Crippen LogP contribution in [0.5, 0.6) is 0 Å². The maximum absolute atomic E-state index is 17.6. The Balaban J connectivity index is 1.39. The number of rotatable bonds is 7. The van der Waals surface area contributed by atoms with Crippen molar-refractivity contribution in [2.75, 3.05) is 43.9 Å². The van der Waals surface area contributed by atoms with Gasteiger partial charge in [0.2, 0.25) is 0 Å². The number of aryl methyl sites for hydroxylation is 2. The smallest absolute Gasteiger partial charge is 0.159 e. The lowest BCUT2D eigenvalue weighted by atomic mass is 9.88. The largest absolute Gasteiger partial charge is 0.398 e. The summed E-state index contributed by atoms with van der Waals surface area (Å²) >= 11 is 0. The number of nitrogen functional groups attached to an aromatic ring is 1. The maximum atomic E-state index is 17.6. The van der Waals surface area contributed by atoms with Crippen molar-refractivity contribution >= 4 is 39.4 Å². The number of aromatic nitrogens is 2. The Bertz CT molecular complexity index is 2090. The third-order valence-corrected chi connectivity index (χ3v) is 11.7. The minimum absolute atomic E-state index is 0.0733. The first-order chi connectivity index (χ1) is 23.7. The average molecular weight is 660 g/mol. The van der Waals surface area contributed by atoms with Gasteiger partial charge in [-0.3, -0.25) is 9.89 Å². The van der Waals surface area contributed by atoms with E-state index in [4.69, 9.17) is 22.1 Å². The molecule has 4 fully saturated rings. The molecule has 4 aromatic rings. The van der Waals surface area contributed by atoms with Crippen LogP contribution in [-0.4, -0.2) is 71.4 Å². The summed E-state index contributed by atoms with van der Waals surface area (Å²) in [5, 5.41) is 5.44. The molecular weight excluding hydrogens is 616 g/mol. The molecule has 2 bridgehead atoms. The summed E-state index contributed by atoms with van der Waals surface area (Å²) in [7, 11) is 1.67. The first kappa shape index (κ1) is 31.9. The molecule has 9 heteroatoms. The summed E-state index contributed by atoms with van der Waals surface area (Å²) in [6, 6.07) is 7.03. The molecule has 4 saturated heterocycles. The molecule has 0 amide bonds. The zero-order valence-corrected chi connectivity index (χ0v) is 28.4. The number of nitrogens with zero attached hydrogens (tertiary/aromatic N) is 5. The van der Waals surface area contributed by atoms with Crippen LogP contribution >= 0.6 is 0 Å². The highest BCUT2D eigenvalue weighted by molar-refractivity contribution is 6.15. The summed E-state index contributed by atoms with van der Waals surface area (Å²) in [5.74, 6) is 2.69. The topological polar surface area (TPSA) is 82.7 Å². The van der Waals surface area contributed by atoms with E-state index in [1.165, 1.54) is 31.7 Å². The molecule has 252 valence electrons. The van der Waals surface area contributed by atoms with Gasteiger partial charge in [0.15, 0.2) is 5.82 Å². The van der Waals surface area contributed by atoms with E-state index >= 15 is 8.78 Å². The Hall–Kier alpha value is -4.39. The van der Waals surface area contributed by atoms with Crippen LogP contribution in [0.15, 0.2) is 41.9 Å². The fourth-order valence-corrected chi connectivity index (χ4v) is 9.48. The van der Waals surface area contributed by atoms with Gasteiger partial charge in [-0.05, 0) is 87.5 Å². The first-order valence-corrected chi connectivity index (χ1v) is 17.5. The quantitative estimate of drug-likeness (QED) is 0.0994. The normalized spacial score (nSPS) is 23.2. The predicted molar refractivity (Wildman–Crippen MR) is 195 cm³/mol. The molecular formula is C40H43F2N7. The molecule has 0 saturated carbocycles. The number of terminal acetylenes is 1. The van der Waals surface area contributed by atoms with Crippen LogP contribution in [0.4, 0.5) is 20.3 Å². The van der Waals surface area contributed by atoms with E-state index in [0.29, 0.717) is 51.9 Å². The van der Waals surface area contributed by atoms with Crippen LogP contribution in [0.25, 0.3) is 32.8 Å². The number of anilines is 2. The van der Waals surface area contributed by atoms with Gasteiger partial charge in [0.05, 0.1) is 22.2 Å².